The number of hydrogen-bond acceptors (Lipinski definition) is 6. The molecule has 8 heteroatoms. The molecule has 0 radical (unpaired) electrons. The van der Waals surface area contributed by atoms with Crippen molar-refractivity contribution in [3.8, 4) is 0 Å². The van der Waals surface area contributed by atoms with Gasteiger partial charge in [0.1, 0.15) is 0 Å². The zero-order chi connectivity index (χ0) is 14.4. The van der Waals surface area contributed by atoms with E-state index < -0.39 is 5.97 Å². The predicted molar refractivity (Wildman–Crippen MR) is 71.3 cm³/mol. The number of thiophene rings is 1. The van der Waals surface area contributed by atoms with Gasteiger partial charge in [0.05, 0.1) is 4.88 Å². The van der Waals surface area contributed by atoms with Gasteiger partial charge in [-0.15, -0.1) is 11.3 Å². The highest BCUT2D eigenvalue weighted by Crippen LogP contribution is 2.18. The Morgan fingerprint density at radius 3 is 3.05 bits per heavy atom. The summed E-state index contributed by atoms with van der Waals surface area (Å²) >= 11 is 1.25. The van der Waals surface area contributed by atoms with Gasteiger partial charge in [0.2, 0.25) is 6.39 Å². The third kappa shape index (κ3) is 3.75. The molecule has 0 aliphatic heterocycles. The molecule has 0 fully saturated rings. The molecular weight excluding hydrogens is 282 g/mol. The average Bonchev–Trinajstić information content (AvgIpc) is 3.07. The Hall–Kier alpha value is -2.48. The fourth-order valence-electron chi connectivity index (χ4n) is 1.47. The third-order valence-corrected chi connectivity index (χ3v) is 3.28. The summed E-state index contributed by atoms with van der Waals surface area (Å²) in [5, 5.41) is 16.7. The molecule has 0 aliphatic carbocycles. The molecule has 0 saturated heterocycles. The molecular formula is C12H11N3O4S. The molecule has 0 bridgehead atoms. The first-order valence-electron chi connectivity index (χ1n) is 5.69. The second-order valence-electron chi connectivity index (χ2n) is 3.73. The van der Waals surface area contributed by atoms with Gasteiger partial charge in [-0.1, -0.05) is 5.16 Å². The lowest BCUT2D eigenvalue weighted by molar-refractivity contribution is -0.131. The molecule has 2 aromatic rings. The summed E-state index contributed by atoms with van der Waals surface area (Å²) in [5.41, 5.74) is 0.578. The third-order valence-electron chi connectivity index (χ3n) is 2.35. The highest BCUT2D eigenvalue weighted by Gasteiger charge is 2.11. The summed E-state index contributed by atoms with van der Waals surface area (Å²) in [6.45, 7) is 0.373. The SMILES string of the molecule is O=C(O)/C=C/c1ccsc1C(=O)NCCc1ncon1. The fraction of sp³-hybridized carbons (Fsp3) is 0.167. The van der Waals surface area contributed by atoms with E-state index in [1.54, 1.807) is 11.4 Å². The van der Waals surface area contributed by atoms with Gasteiger partial charge in [0, 0.05) is 19.0 Å². The van der Waals surface area contributed by atoms with Gasteiger partial charge in [-0.25, -0.2) is 4.79 Å². The van der Waals surface area contributed by atoms with Crippen molar-refractivity contribution in [1.82, 2.24) is 15.5 Å². The highest BCUT2D eigenvalue weighted by molar-refractivity contribution is 7.12. The van der Waals surface area contributed by atoms with Crippen LogP contribution in [-0.2, 0) is 11.2 Å². The predicted octanol–water partition coefficient (Wildman–Crippen LogP) is 1.20. The van der Waals surface area contributed by atoms with E-state index in [0.717, 1.165) is 6.08 Å². The van der Waals surface area contributed by atoms with Crippen LogP contribution in [-0.4, -0.2) is 33.7 Å². The number of nitrogens with one attached hydrogen (secondary N) is 1. The Bertz CT molecular complexity index is 618. The number of carboxylic acids is 1. The van der Waals surface area contributed by atoms with Crippen LogP contribution in [0.15, 0.2) is 28.4 Å². The zero-order valence-electron chi connectivity index (χ0n) is 10.3. The molecule has 0 atom stereocenters. The Morgan fingerprint density at radius 1 is 1.50 bits per heavy atom. The van der Waals surface area contributed by atoms with Gasteiger partial charge in [-0.3, -0.25) is 4.79 Å². The molecule has 2 N–H and O–H groups in total. The minimum absolute atomic E-state index is 0.256. The largest absolute Gasteiger partial charge is 0.478 e. The topological polar surface area (TPSA) is 105 Å². The van der Waals surface area contributed by atoms with Crippen LogP contribution in [0.4, 0.5) is 0 Å². The van der Waals surface area contributed by atoms with Crippen LogP contribution in [0.2, 0.25) is 0 Å². The maximum absolute atomic E-state index is 12.0. The van der Waals surface area contributed by atoms with Crippen LogP contribution < -0.4 is 5.32 Å². The summed E-state index contributed by atoms with van der Waals surface area (Å²) in [7, 11) is 0. The van der Waals surface area contributed by atoms with Crippen molar-refractivity contribution in [2.45, 2.75) is 6.42 Å². The molecule has 0 aromatic carbocycles. The van der Waals surface area contributed by atoms with Crippen LogP contribution >= 0.6 is 11.3 Å². The molecule has 2 heterocycles. The quantitative estimate of drug-likeness (QED) is 0.775. The molecule has 0 spiro atoms. The summed E-state index contributed by atoms with van der Waals surface area (Å²) < 4.78 is 4.58. The number of aromatic nitrogens is 2. The Morgan fingerprint density at radius 2 is 2.35 bits per heavy atom. The molecule has 2 aromatic heterocycles. The summed E-state index contributed by atoms with van der Waals surface area (Å²) in [4.78, 5) is 26.7. The standard InChI is InChI=1S/C12H11N3O4S/c16-10(17)2-1-8-4-6-20-11(8)12(18)13-5-3-9-14-7-19-15-9/h1-2,4,6-7H,3,5H2,(H,13,18)(H,16,17)/b2-1+. The van der Waals surface area contributed by atoms with Crippen molar-refractivity contribution in [2.75, 3.05) is 6.54 Å². The number of hydrogen-bond donors (Lipinski definition) is 2. The van der Waals surface area contributed by atoms with Crippen molar-refractivity contribution >= 4 is 29.3 Å². The van der Waals surface area contributed by atoms with Gasteiger partial charge in [0.15, 0.2) is 5.82 Å². The first-order valence-corrected chi connectivity index (χ1v) is 6.56. The van der Waals surface area contributed by atoms with E-state index in [1.807, 2.05) is 0 Å². The van der Waals surface area contributed by atoms with Crippen LogP contribution in [0.5, 0.6) is 0 Å². The fourth-order valence-corrected chi connectivity index (χ4v) is 2.27. The van der Waals surface area contributed by atoms with Gasteiger partial charge in [-0.05, 0) is 23.1 Å². The first kappa shape index (κ1) is 13.9. The van der Waals surface area contributed by atoms with E-state index in [4.69, 9.17) is 5.11 Å². The lowest BCUT2D eigenvalue weighted by Gasteiger charge is -2.02. The van der Waals surface area contributed by atoms with E-state index in [9.17, 15) is 9.59 Å². The van der Waals surface area contributed by atoms with Crippen molar-refractivity contribution in [2.24, 2.45) is 0 Å². The highest BCUT2D eigenvalue weighted by atomic mass is 32.1. The van der Waals surface area contributed by atoms with Gasteiger partial charge in [0.25, 0.3) is 5.91 Å². The lowest BCUT2D eigenvalue weighted by atomic mass is 10.2. The van der Waals surface area contributed by atoms with E-state index in [1.165, 1.54) is 23.8 Å². The number of aliphatic carboxylic acids is 1. The number of rotatable bonds is 6. The first-order chi connectivity index (χ1) is 9.66. The van der Waals surface area contributed by atoms with E-state index in [2.05, 4.69) is 20.0 Å². The number of nitrogens with zero attached hydrogens (tertiary/aromatic N) is 2. The average molecular weight is 293 g/mol. The molecule has 7 nitrogen and oxygen atoms in total. The van der Waals surface area contributed by atoms with Crippen molar-refractivity contribution < 1.29 is 19.2 Å². The summed E-state index contributed by atoms with van der Waals surface area (Å²) in [6, 6.07) is 1.69. The lowest BCUT2D eigenvalue weighted by Crippen LogP contribution is -2.25. The van der Waals surface area contributed by atoms with Gasteiger partial charge >= 0.3 is 5.97 Å². The molecule has 104 valence electrons. The Labute approximate surface area is 117 Å². The van der Waals surface area contributed by atoms with Crippen LogP contribution in [0, 0.1) is 0 Å². The zero-order valence-corrected chi connectivity index (χ0v) is 11.1. The smallest absolute Gasteiger partial charge is 0.328 e. The minimum atomic E-state index is -1.06. The normalized spacial score (nSPS) is 10.8. The number of carbonyl (C=O) groups is 2. The molecule has 2 rings (SSSR count). The molecule has 0 unspecified atom stereocenters. The Balaban J connectivity index is 1.92. The minimum Gasteiger partial charge on any atom is -0.478 e. The van der Waals surface area contributed by atoms with E-state index in [0.29, 0.717) is 29.2 Å². The second kappa shape index (κ2) is 6.62. The van der Waals surface area contributed by atoms with Crippen LogP contribution in [0.25, 0.3) is 6.08 Å². The molecule has 20 heavy (non-hydrogen) atoms. The monoisotopic (exact) mass is 293 g/mol. The maximum Gasteiger partial charge on any atom is 0.328 e. The van der Waals surface area contributed by atoms with Crippen molar-refractivity contribution in [3.05, 3.63) is 40.2 Å². The number of amides is 1. The maximum atomic E-state index is 12.0. The van der Waals surface area contributed by atoms with Gasteiger partial charge in [-0.2, -0.15) is 4.98 Å². The van der Waals surface area contributed by atoms with Crippen LogP contribution in [0.3, 0.4) is 0 Å². The second-order valence-corrected chi connectivity index (χ2v) is 4.65. The van der Waals surface area contributed by atoms with E-state index in [-0.39, 0.29) is 5.91 Å². The molecule has 0 saturated carbocycles. The molecule has 1 amide bonds. The Kier molecular flexibility index (Phi) is 4.61. The van der Waals surface area contributed by atoms with Gasteiger partial charge < -0.3 is 14.9 Å². The van der Waals surface area contributed by atoms with Crippen molar-refractivity contribution in [3.63, 3.8) is 0 Å². The van der Waals surface area contributed by atoms with Crippen LogP contribution in [0.1, 0.15) is 21.1 Å². The van der Waals surface area contributed by atoms with E-state index >= 15 is 0 Å². The number of carbonyl (C=O) groups excluding carboxylic acids is 1. The van der Waals surface area contributed by atoms with Crippen molar-refractivity contribution in [1.29, 1.82) is 0 Å². The summed E-state index contributed by atoms with van der Waals surface area (Å²) in [6.07, 6.45) is 4.09. The summed E-state index contributed by atoms with van der Waals surface area (Å²) in [5.74, 6) is -0.796. The number of carboxylic acid groups (broad SMARTS) is 1. The molecule has 0 aliphatic rings.